The molecule has 4 fully saturated rings. The zero-order chi connectivity index (χ0) is 16.3. The van der Waals surface area contributed by atoms with Gasteiger partial charge in [-0.2, -0.15) is 8.78 Å². The average molecular weight is 336 g/mol. The molecule has 7 heteroatoms. The fourth-order valence-corrected chi connectivity index (χ4v) is 5.55. The predicted octanol–water partition coefficient (Wildman–Crippen LogP) is 3.34. The highest BCUT2D eigenvalue weighted by molar-refractivity contribution is 7.81. The third-order valence-corrected chi connectivity index (χ3v) is 6.65. The highest BCUT2D eigenvalue weighted by Crippen LogP contribution is 2.65. The first kappa shape index (κ1) is 16.3. The lowest BCUT2D eigenvalue weighted by molar-refractivity contribution is -0.219. The maximum Gasteiger partial charge on any atom is 0.439 e. The van der Waals surface area contributed by atoms with Crippen molar-refractivity contribution >= 4 is 17.0 Å². The minimum atomic E-state index is -4.35. The summed E-state index contributed by atoms with van der Waals surface area (Å²) < 4.78 is 51.4. The van der Waals surface area contributed by atoms with Crippen LogP contribution in [0.25, 0.3) is 0 Å². The van der Waals surface area contributed by atoms with Crippen molar-refractivity contribution in [1.29, 1.82) is 0 Å². The van der Waals surface area contributed by atoms with Gasteiger partial charge in [-0.1, -0.05) is 13.8 Å². The van der Waals surface area contributed by atoms with E-state index in [2.05, 4.69) is 13.8 Å². The summed E-state index contributed by atoms with van der Waals surface area (Å²) in [6.07, 6.45) is 5.04. The van der Waals surface area contributed by atoms with Crippen LogP contribution in [0.2, 0.25) is 0 Å². The van der Waals surface area contributed by atoms with Crippen LogP contribution in [0.5, 0.6) is 0 Å². The largest absolute Gasteiger partial charge is 0.454 e. The van der Waals surface area contributed by atoms with Crippen molar-refractivity contribution in [3.8, 4) is 0 Å². The Labute approximate surface area is 131 Å². The zero-order valence-corrected chi connectivity index (χ0v) is 13.6. The third-order valence-electron chi connectivity index (χ3n) is 6.04. The predicted molar refractivity (Wildman–Crippen MR) is 76.5 cm³/mol. The smallest absolute Gasteiger partial charge is 0.439 e. The zero-order valence-electron chi connectivity index (χ0n) is 12.8. The van der Waals surface area contributed by atoms with Gasteiger partial charge in [0.1, 0.15) is 5.60 Å². The first-order valence-corrected chi connectivity index (χ1v) is 8.91. The minimum absolute atomic E-state index is 0.0536. The van der Waals surface area contributed by atoms with Crippen molar-refractivity contribution in [2.75, 3.05) is 0 Å². The molecular formula is C15H22F2O4S. The Morgan fingerprint density at radius 3 is 2.27 bits per heavy atom. The summed E-state index contributed by atoms with van der Waals surface area (Å²) >= 11 is -3.55. The van der Waals surface area contributed by atoms with E-state index in [1.807, 2.05) is 0 Å². The number of halogens is 2. The summed E-state index contributed by atoms with van der Waals surface area (Å²) in [6, 6.07) is 0. The van der Waals surface area contributed by atoms with Gasteiger partial charge in [-0.15, -0.1) is 0 Å². The van der Waals surface area contributed by atoms with Crippen molar-refractivity contribution in [3.05, 3.63) is 0 Å². The van der Waals surface area contributed by atoms with Crippen LogP contribution in [0.3, 0.4) is 0 Å². The van der Waals surface area contributed by atoms with E-state index in [1.165, 1.54) is 0 Å². The standard InChI is InChI=1S/C15H22F2O4S/c1-9(2)13-4-10-3-11(5-13)7-14(6-10,8-13)21-12(18)15(16,17)22(19)20/h9-11H,3-8H2,1-2H3,(H,19,20). The fourth-order valence-electron chi connectivity index (χ4n) is 5.37. The number of carbonyl (C=O) groups is 1. The first-order valence-electron chi connectivity index (χ1n) is 7.81. The monoisotopic (exact) mass is 336 g/mol. The van der Waals surface area contributed by atoms with Gasteiger partial charge in [0.2, 0.25) is 11.1 Å². The quantitative estimate of drug-likeness (QED) is 0.632. The van der Waals surface area contributed by atoms with Crippen molar-refractivity contribution in [2.45, 2.75) is 63.2 Å². The normalized spacial score (nSPS) is 41.7. The molecule has 0 radical (unpaired) electrons. The van der Waals surface area contributed by atoms with Crippen LogP contribution in [0.1, 0.15) is 52.4 Å². The molecule has 0 aromatic rings. The molecular weight excluding hydrogens is 314 g/mol. The summed E-state index contributed by atoms with van der Waals surface area (Å²) in [5, 5.41) is -4.35. The number of ether oxygens (including phenoxy) is 1. The van der Waals surface area contributed by atoms with E-state index in [4.69, 9.17) is 9.29 Å². The summed E-state index contributed by atoms with van der Waals surface area (Å²) in [4.78, 5) is 11.7. The minimum Gasteiger partial charge on any atom is -0.454 e. The van der Waals surface area contributed by atoms with Crippen LogP contribution < -0.4 is 0 Å². The van der Waals surface area contributed by atoms with E-state index >= 15 is 0 Å². The molecule has 3 unspecified atom stereocenters. The van der Waals surface area contributed by atoms with Gasteiger partial charge in [0.25, 0.3) is 0 Å². The molecule has 0 aromatic carbocycles. The molecule has 126 valence electrons. The Morgan fingerprint density at radius 1 is 1.27 bits per heavy atom. The third kappa shape index (κ3) is 2.40. The highest BCUT2D eigenvalue weighted by atomic mass is 32.2. The molecule has 4 rings (SSSR count). The SMILES string of the molecule is CC(C)C12CC3CC(CC(OC(=O)C(F)(F)S(=O)O)(C3)C1)C2. The van der Waals surface area contributed by atoms with Crippen LogP contribution in [-0.2, 0) is 20.6 Å². The van der Waals surface area contributed by atoms with Crippen LogP contribution in [0.15, 0.2) is 0 Å². The van der Waals surface area contributed by atoms with E-state index in [1.54, 1.807) is 0 Å². The topological polar surface area (TPSA) is 63.6 Å². The molecule has 0 aromatic heterocycles. The van der Waals surface area contributed by atoms with Crippen LogP contribution in [-0.4, -0.2) is 25.6 Å². The first-order chi connectivity index (χ1) is 10.1. The number of hydrogen-bond donors (Lipinski definition) is 1. The lowest BCUT2D eigenvalue weighted by atomic mass is 9.45. The van der Waals surface area contributed by atoms with E-state index in [9.17, 15) is 17.8 Å². The van der Waals surface area contributed by atoms with Crippen molar-refractivity contribution < 1.29 is 27.1 Å². The highest BCUT2D eigenvalue weighted by Gasteiger charge is 2.62. The molecule has 0 saturated heterocycles. The molecule has 4 aliphatic carbocycles. The number of alkyl halides is 2. The molecule has 22 heavy (non-hydrogen) atoms. The molecule has 0 spiro atoms. The van der Waals surface area contributed by atoms with Gasteiger partial charge < -0.3 is 9.29 Å². The molecule has 1 N–H and O–H groups in total. The number of hydrogen-bond acceptors (Lipinski definition) is 3. The second-order valence-electron chi connectivity index (χ2n) is 7.82. The molecule has 4 saturated carbocycles. The molecule has 4 nitrogen and oxygen atoms in total. The van der Waals surface area contributed by atoms with Crippen LogP contribution in [0, 0.1) is 23.2 Å². The summed E-state index contributed by atoms with van der Waals surface area (Å²) in [6.45, 7) is 4.28. The van der Waals surface area contributed by atoms with Gasteiger partial charge in [0, 0.05) is 0 Å². The van der Waals surface area contributed by atoms with Crippen molar-refractivity contribution in [3.63, 3.8) is 0 Å². The molecule has 4 aliphatic rings. The van der Waals surface area contributed by atoms with Crippen LogP contribution in [0.4, 0.5) is 8.78 Å². The van der Waals surface area contributed by atoms with Crippen molar-refractivity contribution in [2.24, 2.45) is 23.2 Å². The molecule has 3 atom stereocenters. The summed E-state index contributed by atoms with van der Waals surface area (Å²) in [7, 11) is 0. The molecule has 0 aliphatic heterocycles. The Kier molecular flexibility index (Phi) is 3.68. The van der Waals surface area contributed by atoms with Gasteiger partial charge in [0.15, 0.2) is 0 Å². The number of esters is 1. The summed E-state index contributed by atoms with van der Waals surface area (Å²) in [5.41, 5.74) is -0.813. The Hall–Kier alpha value is -0.560. The number of carbonyl (C=O) groups excluding carboxylic acids is 1. The van der Waals surface area contributed by atoms with E-state index in [-0.39, 0.29) is 5.41 Å². The van der Waals surface area contributed by atoms with Crippen molar-refractivity contribution in [1.82, 2.24) is 0 Å². The maximum atomic E-state index is 13.5. The van der Waals surface area contributed by atoms with E-state index in [0.717, 1.165) is 19.3 Å². The number of rotatable bonds is 4. The van der Waals surface area contributed by atoms with Gasteiger partial charge in [-0.05, 0) is 61.7 Å². The lowest BCUT2D eigenvalue weighted by Crippen LogP contribution is -2.59. The van der Waals surface area contributed by atoms with E-state index < -0.39 is 27.9 Å². The Morgan fingerprint density at radius 2 is 1.82 bits per heavy atom. The molecule has 0 amide bonds. The lowest BCUT2D eigenvalue weighted by Gasteiger charge is -2.62. The van der Waals surface area contributed by atoms with Crippen LogP contribution >= 0.6 is 0 Å². The van der Waals surface area contributed by atoms with Gasteiger partial charge >= 0.3 is 11.2 Å². The van der Waals surface area contributed by atoms with E-state index in [0.29, 0.717) is 37.0 Å². The fraction of sp³-hybridized carbons (Fsp3) is 0.933. The molecule has 0 heterocycles. The Bertz CT molecular complexity index is 506. The molecule has 4 bridgehead atoms. The van der Waals surface area contributed by atoms with Gasteiger partial charge in [-0.25, -0.2) is 9.00 Å². The average Bonchev–Trinajstić information content (AvgIpc) is 2.35. The second-order valence-corrected chi connectivity index (χ2v) is 8.83. The summed E-state index contributed by atoms with van der Waals surface area (Å²) in [5.74, 6) is -0.632. The maximum absolute atomic E-state index is 13.5. The van der Waals surface area contributed by atoms with Gasteiger partial charge in [-0.3, -0.25) is 0 Å². The Balaban J connectivity index is 1.85. The second kappa shape index (κ2) is 4.97. The van der Waals surface area contributed by atoms with Gasteiger partial charge in [0.05, 0.1) is 0 Å².